The normalized spacial score (nSPS) is 20.6. The standard InChI is InChI=1S/C14H20ClFN2O2.C2HF3O2/c15-13-4-3-12(6-14(13)16)20-8-11(19)7-18-10-2-1-9(17)5-10;3-2(4,5)1(6)7/h3-4,6,9-11,18-19H,1-2,5,7-8,17H2;(H,6,7)/t9-,10+,11?;/m0./s1. The molecule has 0 aromatic heterocycles. The summed E-state index contributed by atoms with van der Waals surface area (Å²) >= 11 is 5.58. The van der Waals surface area contributed by atoms with Crippen LogP contribution in [0.25, 0.3) is 0 Å². The van der Waals surface area contributed by atoms with Crippen molar-refractivity contribution in [3.63, 3.8) is 0 Å². The van der Waals surface area contributed by atoms with Gasteiger partial charge in [-0.05, 0) is 31.4 Å². The average molecular weight is 417 g/mol. The molecule has 1 fully saturated rings. The Morgan fingerprint density at radius 2 is 2.04 bits per heavy atom. The van der Waals surface area contributed by atoms with Gasteiger partial charge in [0.15, 0.2) is 0 Å². The first-order valence-electron chi connectivity index (χ1n) is 8.04. The third-order valence-electron chi connectivity index (χ3n) is 3.69. The Bertz CT molecular complexity index is 619. The number of hydrogen-bond donors (Lipinski definition) is 4. The summed E-state index contributed by atoms with van der Waals surface area (Å²) in [6.45, 7) is 0.542. The van der Waals surface area contributed by atoms with Crippen LogP contribution in [0.2, 0.25) is 5.02 Å². The highest BCUT2D eigenvalue weighted by atomic mass is 35.5. The molecule has 0 bridgehead atoms. The molecule has 2 rings (SSSR count). The fourth-order valence-corrected chi connectivity index (χ4v) is 2.44. The smallest absolute Gasteiger partial charge is 0.490 e. The zero-order valence-corrected chi connectivity index (χ0v) is 14.9. The Morgan fingerprint density at radius 1 is 1.41 bits per heavy atom. The van der Waals surface area contributed by atoms with E-state index in [1.807, 2.05) is 0 Å². The molecule has 1 aromatic carbocycles. The van der Waals surface area contributed by atoms with Crippen molar-refractivity contribution in [1.82, 2.24) is 5.32 Å². The van der Waals surface area contributed by atoms with Crippen molar-refractivity contribution < 1.29 is 37.3 Å². The van der Waals surface area contributed by atoms with Crippen molar-refractivity contribution in [2.24, 2.45) is 5.73 Å². The number of aliphatic carboxylic acids is 1. The molecule has 154 valence electrons. The lowest BCUT2D eigenvalue weighted by Crippen LogP contribution is -2.37. The molecule has 1 unspecified atom stereocenters. The molecule has 0 aliphatic heterocycles. The number of benzene rings is 1. The number of aliphatic hydroxyl groups is 1. The van der Waals surface area contributed by atoms with Crippen LogP contribution < -0.4 is 15.8 Å². The van der Waals surface area contributed by atoms with E-state index >= 15 is 0 Å². The highest BCUT2D eigenvalue weighted by Gasteiger charge is 2.38. The maximum Gasteiger partial charge on any atom is 0.490 e. The fourth-order valence-electron chi connectivity index (χ4n) is 2.32. The van der Waals surface area contributed by atoms with Crippen LogP contribution in [-0.2, 0) is 4.79 Å². The maximum absolute atomic E-state index is 13.2. The monoisotopic (exact) mass is 416 g/mol. The van der Waals surface area contributed by atoms with Crippen molar-refractivity contribution in [2.45, 2.75) is 43.6 Å². The first-order chi connectivity index (χ1) is 12.5. The number of halogens is 5. The number of ether oxygens (including phenoxy) is 1. The second-order valence-corrected chi connectivity index (χ2v) is 6.43. The molecule has 3 atom stereocenters. The van der Waals surface area contributed by atoms with Gasteiger partial charge in [0.1, 0.15) is 24.3 Å². The maximum atomic E-state index is 13.2. The topological polar surface area (TPSA) is 105 Å². The zero-order valence-electron chi connectivity index (χ0n) is 14.2. The van der Waals surface area contributed by atoms with Gasteiger partial charge in [-0.15, -0.1) is 0 Å². The molecular formula is C16H21ClF4N2O4. The number of carboxylic acid groups (broad SMARTS) is 1. The number of carboxylic acids is 1. The molecule has 0 spiro atoms. The van der Waals surface area contributed by atoms with E-state index in [0.717, 1.165) is 19.3 Å². The van der Waals surface area contributed by atoms with Gasteiger partial charge in [-0.1, -0.05) is 11.6 Å². The summed E-state index contributed by atoms with van der Waals surface area (Å²) in [6.07, 6.45) is -2.73. The lowest BCUT2D eigenvalue weighted by atomic mass is 10.2. The quantitative estimate of drug-likeness (QED) is 0.530. The highest BCUT2D eigenvalue weighted by Crippen LogP contribution is 2.20. The van der Waals surface area contributed by atoms with E-state index in [-0.39, 0.29) is 17.7 Å². The van der Waals surface area contributed by atoms with Gasteiger partial charge in [0.2, 0.25) is 0 Å². The lowest BCUT2D eigenvalue weighted by molar-refractivity contribution is -0.192. The van der Waals surface area contributed by atoms with Gasteiger partial charge < -0.3 is 26.0 Å². The van der Waals surface area contributed by atoms with E-state index in [1.54, 1.807) is 6.07 Å². The molecule has 0 saturated heterocycles. The van der Waals surface area contributed by atoms with Gasteiger partial charge in [0.05, 0.1) is 5.02 Å². The van der Waals surface area contributed by atoms with Gasteiger partial charge in [-0.25, -0.2) is 9.18 Å². The van der Waals surface area contributed by atoms with Crippen molar-refractivity contribution in [2.75, 3.05) is 13.2 Å². The van der Waals surface area contributed by atoms with Crippen LogP contribution in [0.15, 0.2) is 18.2 Å². The number of hydrogen-bond acceptors (Lipinski definition) is 5. The fraction of sp³-hybridized carbons (Fsp3) is 0.562. The van der Waals surface area contributed by atoms with Crippen molar-refractivity contribution in [1.29, 1.82) is 0 Å². The number of aliphatic hydroxyl groups excluding tert-OH is 1. The van der Waals surface area contributed by atoms with Crippen LogP contribution in [0.1, 0.15) is 19.3 Å². The minimum Gasteiger partial charge on any atom is -0.491 e. The molecule has 1 saturated carbocycles. The van der Waals surface area contributed by atoms with Crippen LogP contribution in [-0.4, -0.2) is 53.7 Å². The Labute approximate surface area is 158 Å². The van der Waals surface area contributed by atoms with Crippen LogP contribution in [0.4, 0.5) is 17.6 Å². The van der Waals surface area contributed by atoms with Gasteiger partial charge >= 0.3 is 12.1 Å². The number of rotatable bonds is 6. The Morgan fingerprint density at radius 3 is 2.52 bits per heavy atom. The predicted molar refractivity (Wildman–Crippen MR) is 90.2 cm³/mol. The summed E-state index contributed by atoms with van der Waals surface area (Å²) in [4.78, 5) is 8.90. The number of alkyl halides is 3. The largest absolute Gasteiger partial charge is 0.491 e. The molecule has 27 heavy (non-hydrogen) atoms. The molecule has 6 nitrogen and oxygen atoms in total. The second kappa shape index (κ2) is 10.6. The lowest BCUT2D eigenvalue weighted by Gasteiger charge is -2.17. The van der Waals surface area contributed by atoms with Crippen LogP contribution in [0.3, 0.4) is 0 Å². The van der Waals surface area contributed by atoms with Crippen LogP contribution in [0, 0.1) is 5.82 Å². The van der Waals surface area contributed by atoms with E-state index in [4.69, 9.17) is 32.0 Å². The van der Waals surface area contributed by atoms with E-state index < -0.39 is 24.1 Å². The minimum atomic E-state index is -5.08. The molecular weight excluding hydrogens is 396 g/mol. The number of nitrogens with one attached hydrogen (secondary N) is 1. The van der Waals surface area contributed by atoms with Gasteiger partial charge in [0.25, 0.3) is 0 Å². The molecule has 0 heterocycles. The Hall–Kier alpha value is -1.62. The predicted octanol–water partition coefficient (Wildman–Crippen LogP) is 2.32. The average Bonchev–Trinajstić information content (AvgIpc) is 2.99. The molecule has 0 radical (unpaired) electrons. The molecule has 1 aliphatic carbocycles. The highest BCUT2D eigenvalue weighted by molar-refractivity contribution is 6.30. The van der Waals surface area contributed by atoms with Crippen molar-refractivity contribution in [3.8, 4) is 5.75 Å². The summed E-state index contributed by atoms with van der Waals surface area (Å²) in [5.41, 5.74) is 5.82. The van der Waals surface area contributed by atoms with Crippen molar-refractivity contribution in [3.05, 3.63) is 29.0 Å². The number of carbonyl (C=O) groups is 1. The summed E-state index contributed by atoms with van der Waals surface area (Å²) in [5, 5.41) is 20.3. The van der Waals surface area contributed by atoms with Gasteiger partial charge in [-0.3, -0.25) is 0 Å². The first-order valence-corrected chi connectivity index (χ1v) is 8.41. The molecule has 11 heteroatoms. The van der Waals surface area contributed by atoms with E-state index in [0.29, 0.717) is 18.3 Å². The van der Waals surface area contributed by atoms with E-state index in [1.165, 1.54) is 12.1 Å². The van der Waals surface area contributed by atoms with Crippen LogP contribution >= 0.6 is 11.6 Å². The SMILES string of the molecule is N[C@H]1CC[C@@H](NCC(O)COc2ccc(Cl)c(F)c2)C1.O=C(O)C(F)(F)F. The molecule has 1 aliphatic rings. The third-order valence-corrected chi connectivity index (χ3v) is 4.00. The summed E-state index contributed by atoms with van der Waals surface area (Å²) < 4.78 is 50.3. The molecule has 5 N–H and O–H groups in total. The third kappa shape index (κ3) is 9.23. The summed E-state index contributed by atoms with van der Waals surface area (Å²) in [7, 11) is 0. The zero-order chi connectivity index (χ0) is 20.6. The van der Waals surface area contributed by atoms with E-state index in [2.05, 4.69) is 5.32 Å². The molecule has 1 aromatic rings. The number of nitrogens with two attached hydrogens (primary N) is 1. The molecule has 0 amide bonds. The van der Waals surface area contributed by atoms with Gasteiger partial charge in [-0.2, -0.15) is 13.2 Å². The van der Waals surface area contributed by atoms with Gasteiger partial charge in [0, 0.05) is 24.7 Å². The summed E-state index contributed by atoms with van der Waals surface area (Å²) in [6, 6.07) is 4.84. The summed E-state index contributed by atoms with van der Waals surface area (Å²) in [5.74, 6) is -2.93. The minimum absolute atomic E-state index is 0.0529. The second-order valence-electron chi connectivity index (χ2n) is 6.02. The Balaban J connectivity index is 0.000000445. The van der Waals surface area contributed by atoms with Crippen molar-refractivity contribution >= 4 is 17.6 Å². The van der Waals surface area contributed by atoms with Crippen LogP contribution in [0.5, 0.6) is 5.75 Å². The Kier molecular flexibility index (Phi) is 9.23. The van der Waals surface area contributed by atoms with E-state index in [9.17, 15) is 22.7 Å². The first kappa shape index (κ1) is 23.4.